The molecule has 1 fully saturated rings. The van der Waals surface area contributed by atoms with E-state index in [1.807, 2.05) is 35.6 Å². The van der Waals surface area contributed by atoms with Crippen LogP contribution in [0.1, 0.15) is 31.6 Å². The molecule has 0 bridgehead atoms. The van der Waals surface area contributed by atoms with Gasteiger partial charge in [0.1, 0.15) is 0 Å². The smallest absolute Gasteiger partial charge is 0.319 e. The molecule has 1 saturated heterocycles. The molecule has 0 saturated carbocycles. The Morgan fingerprint density at radius 1 is 1.12 bits per heavy atom. The number of hydrogen-bond donors (Lipinski definition) is 2. The van der Waals surface area contributed by atoms with Crippen molar-refractivity contribution < 1.29 is 4.79 Å². The summed E-state index contributed by atoms with van der Waals surface area (Å²) in [6.45, 7) is 8.73. The first-order chi connectivity index (χ1) is 16.0. The van der Waals surface area contributed by atoms with Crippen molar-refractivity contribution in [2.75, 3.05) is 31.5 Å². The molecule has 0 radical (unpaired) electrons. The van der Waals surface area contributed by atoms with Crippen molar-refractivity contribution in [2.45, 2.75) is 39.7 Å². The number of urea groups is 1. The Morgan fingerprint density at radius 2 is 1.88 bits per heavy atom. The molecule has 0 atom stereocenters. The predicted molar refractivity (Wildman–Crippen MR) is 137 cm³/mol. The Kier molecular flexibility index (Phi) is 7.83. The lowest BCUT2D eigenvalue weighted by Gasteiger charge is -2.31. The maximum atomic E-state index is 12.8. The van der Waals surface area contributed by atoms with Crippen molar-refractivity contribution in [3.8, 4) is 0 Å². The number of fused-ring (bicyclic) bond motifs is 1. The number of likely N-dealkylation sites (tertiary alicyclic amines) is 1. The summed E-state index contributed by atoms with van der Waals surface area (Å²) in [5.74, 6) is 0.835. The Balaban J connectivity index is 1.30. The minimum atomic E-state index is -0.213. The molecule has 3 heterocycles. The summed E-state index contributed by atoms with van der Waals surface area (Å²) >= 11 is 1.83. The lowest BCUT2D eigenvalue weighted by atomic mass is 9.96. The van der Waals surface area contributed by atoms with Crippen LogP contribution in [0.15, 0.2) is 52.8 Å². The molecule has 6 nitrogen and oxygen atoms in total. The van der Waals surface area contributed by atoms with Gasteiger partial charge in [0, 0.05) is 41.5 Å². The monoisotopic (exact) mass is 466 g/mol. The summed E-state index contributed by atoms with van der Waals surface area (Å²) in [6, 6.07) is 11.6. The van der Waals surface area contributed by atoms with E-state index >= 15 is 0 Å². The van der Waals surface area contributed by atoms with Crippen LogP contribution in [-0.2, 0) is 13.0 Å². The van der Waals surface area contributed by atoms with Crippen LogP contribution in [0.4, 0.5) is 10.5 Å². The second kappa shape index (κ2) is 11.0. The highest BCUT2D eigenvalue weighted by Crippen LogP contribution is 2.21. The first-order valence-electron chi connectivity index (χ1n) is 11.9. The number of nitrogens with zero attached hydrogens (tertiary/aromatic N) is 2. The summed E-state index contributed by atoms with van der Waals surface area (Å²) < 4.78 is 1.70. The normalized spacial score (nSPS) is 15.2. The SMILES string of the molecule is CC(C)Cn1cc(NC(=O)NCC2CCN(CCc3cccs3)CC2)c2ccccc2c1=O. The number of thiophene rings is 1. The summed E-state index contributed by atoms with van der Waals surface area (Å²) in [4.78, 5) is 29.5. The van der Waals surface area contributed by atoms with Crippen molar-refractivity contribution in [3.05, 3.63) is 63.2 Å². The van der Waals surface area contributed by atoms with Crippen LogP contribution in [0.3, 0.4) is 0 Å². The highest BCUT2D eigenvalue weighted by Gasteiger charge is 2.20. The van der Waals surface area contributed by atoms with Gasteiger partial charge in [0.05, 0.1) is 5.69 Å². The maximum absolute atomic E-state index is 12.8. The van der Waals surface area contributed by atoms with Gasteiger partial charge in [-0.1, -0.05) is 38.1 Å². The molecule has 1 aliphatic rings. The quantitative estimate of drug-likeness (QED) is 0.501. The zero-order valence-corrected chi connectivity index (χ0v) is 20.4. The van der Waals surface area contributed by atoms with Gasteiger partial charge < -0.3 is 20.1 Å². The number of hydrogen-bond acceptors (Lipinski definition) is 4. The fraction of sp³-hybridized carbons (Fsp3) is 0.462. The lowest BCUT2D eigenvalue weighted by molar-refractivity contribution is 0.184. The highest BCUT2D eigenvalue weighted by molar-refractivity contribution is 7.09. The number of carbonyl (C=O) groups excluding carboxylic acids is 1. The van der Waals surface area contributed by atoms with E-state index in [2.05, 4.69) is 46.9 Å². The van der Waals surface area contributed by atoms with Crippen molar-refractivity contribution >= 4 is 33.8 Å². The fourth-order valence-corrected chi connectivity index (χ4v) is 5.21. The Hall–Kier alpha value is -2.64. The van der Waals surface area contributed by atoms with E-state index in [-0.39, 0.29) is 11.6 Å². The van der Waals surface area contributed by atoms with E-state index in [4.69, 9.17) is 0 Å². The van der Waals surface area contributed by atoms with Crippen LogP contribution in [0.2, 0.25) is 0 Å². The van der Waals surface area contributed by atoms with Gasteiger partial charge in [-0.25, -0.2) is 4.79 Å². The van der Waals surface area contributed by atoms with E-state index in [9.17, 15) is 9.59 Å². The number of amides is 2. The molecule has 0 aliphatic carbocycles. The number of carbonyl (C=O) groups is 1. The standard InChI is InChI=1S/C26H34N4O2S/c1-19(2)17-30-18-24(22-7-3-4-8-23(22)25(30)31)28-26(32)27-16-20-9-12-29(13-10-20)14-11-21-6-5-15-33-21/h3-8,15,18-20H,9-14,16-17H2,1-2H3,(H2,27,28,32). The predicted octanol–water partition coefficient (Wildman–Crippen LogP) is 4.80. The molecule has 2 aromatic heterocycles. The zero-order chi connectivity index (χ0) is 23.2. The summed E-state index contributed by atoms with van der Waals surface area (Å²) in [7, 11) is 0. The fourth-order valence-electron chi connectivity index (χ4n) is 4.51. The van der Waals surface area contributed by atoms with Gasteiger partial charge in [0.25, 0.3) is 5.56 Å². The number of benzene rings is 1. The molecule has 4 rings (SSSR count). The number of nitrogens with one attached hydrogen (secondary N) is 2. The zero-order valence-electron chi connectivity index (χ0n) is 19.5. The molecular formula is C26H34N4O2S. The molecule has 3 aromatic rings. The number of piperidine rings is 1. The van der Waals surface area contributed by atoms with Gasteiger partial charge in [-0.15, -0.1) is 11.3 Å². The number of anilines is 1. The summed E-state index contributed by atoms with van der Waals surface area (Å²) in [5.41, 5.74) is 0.655. The van der Waals surface area contributed by atoms with Gasteiger partial charge in [-0.05, 0) is 61.7 Å². The third kappa shape index (κ3) is 6.24. The van der Waals surface area contributed by atoms with Crippen LogP contribution in [0, 0.1) is 11.8 Å². The topological polar surface area (TPSA) is 66.4 Å². The average molecular weight is 467 g/mol. The largest absolute Gasteiger partial charge is 0.338 e. The highest BCUT2D eigenvalue weighted by atomic mass is 32.1. The lowest BCUT2D eigenvalue weighted by Crippen LogP contribution is -2.40. The number of rotatable bonds is 8. The van der Waals surface area contributed by atoms with Gasteiger partial charge in [-0.2, -0.15) is 0 Å². The number of aromatic nitrogens is 1. The molecule has 7 heteroatoms. The van der Waals surface area contributed by atoms with Crippen molar-refractivity contribution in [1.82, 2.24) is 14.8 Å². The molecule has 0 spiro atoms. The maximum Gasteiger partial charge on any atom is 0.319 e. The molecule has 176 valence electrons. The molecular weight excluding hydrogens is 432 g/mol. The Labute approximate surface area is 199 Å². The van der Waals surface area contributed by atoms with Gasteiger partial charge in [-0.3, -0.25) is 4.79 Å². The Bertz CT molecular complexity index is 1120. The van der Waals surface area contributed by atoms with E-state index in [1.54, 1.807) is 10.8 Å². The summed E-state index contributed by atoms with van der Waals surface area (Å²) in [5, 5.41) is 9.59. The van der Waals surface area contributed by atoms with Gasteiger partial charge >= 0.3 is 6.03 Å². The van der Waals surface area contributed by atoms with Crippen LogP contribution < -0.4 is 16.2 Å². The minimum absolute atomic E-state index is 0.0175. The molecule has 2 amide bonds. The van der Waals surface area contributed by atoms with Crippen LogP contribution in [0.5, 0.6) is 0 Å². The number of pyridine rings is 1. The molecule has 1 aliphatic heterocycles. The second-order valence-corrected chi connectivity index (χ2v) is 10.4. The van der Waals surface area contributed by atoms with Crippen LogP contribution in [-0.4, -0.2) is 41.7 Å². The van der Waals surface area contributed by atoms with Crippen molar-refractivity contribution in [3.63, 3.8) is 0 Å². The van der Waals surface area contributed by atoms with Gasteiger partial charge in [0.2, 0.25) is 0 Å². The van der Waals surface area contributed by atoms with Crippen molar-refractivity contribution in [2.24, 2.45) is 11.8 Å². The third-order valence-electron chi connectivity index (χ3n) is 6.32. The van der Waals surface area contributed by atoms with Crippen molar-refractivity contribution in [1.29, 1.82) is 0 Å². The average Bonchev–Trinajstić information content (AvgIpc) is 3.33. The van der Waals surface area contributed by atoms with Crippen LogP contribution in [0.25, 0.3) is 10.8 Å². The second-order valence-electron chi connectivity index (χ2n) is 9.39. The summed E-state index contributed by atoms with van der Waals surface area (Å²) in [6.07, 6.45) is 5.10. The molecule has 33 heavy (non-hydrogen) atoms. The minimum Gasteiger partial charge on any atom is -0.338 e. The van der Waals surface area contributed by atoms with E-state index in [1.165, 1.54) is 4.88 Å². The van der Waals surface area contributed by atoms with E-state index in [0.717, 1.165) is 44.3 Å². The Morgan fingerprint density at radius 3 is 2.58 bits per heavy atom. The molecule has 1 aromatic carbocycles. The van der Waals surface area contributed by atoms with Crippen LogP contribution >= 0.6 is 11.3 Å². The van der Waals surface area contributed by atoms with E-state index in [0.29, 0.717) is 36.0 Å². The third-order valence-corrected chi connectivity index (χ3v) is 7.25. The molecule has 0 unspecified atom stereocenters. The van der Waals surface area contributed by atoms with E-state index < -0.39 is 0 Å². The molecule has 2 N–H and O–H groups in total. The van der Waals surface area contributed by atoms with Gasteiger partial charge in [0.15, 0.2) is 0 Å². The first-order valence-corrected chi connectivity index (χ1v) is 12.8. The first kappa shape index (κ1) is 23.5.